The quantitative estimate of drug-likeness (QED) is 0.604. The largest absolute Gasteiger partial charge is 0.508 e. The summed E-state index contributed by atoms with van der Waals surface area (Å²) in [6, 6.07) is 0. The number of hydrogen-bond acceptors (Lipinski definition) is 9. The Kier molecular flexibility index (Phi) is 12.6. The van der Waals surface area contributed by atoms with Gasteiger partial charge in [-0.25, -0.2) is 9.59 Å². The van der Waals surface area contributed by atoms with Gasteiger partial charge in [-0.15, -0.1) is 0 Å². The summed E-state index contributed by atoms with van der Waals surface area (Å²) >= 11 is 0. The van der Waals surface area contributed by atoms with Crippen molar-refractivity contribution < 1.29 is 33.3 Å². The Bertz CT molecular complexity index is 456. The van der Waals surface area contributed by atoms with Crippen LogP contribution in [-0.2, 0) is 23.7 Å². The van der Waals surface area contributed by atoms with E-state index in [9.17, 15) is 9.59 Å². The van der Waals surface area contributed by atoms with Crippen LogP contribution in [0.4, 0.5) is 9.59 Å². The molecule has 0 bridgehead atoms. The van der Waals surface area contributed by atoms with Crippen LogP contribution in [0, 0.1) is 0 Å². The van der Waals surface area contributed by atoms with Gasteiger partial charge < -0.3 is 23.7 Å². The monoisotopic (exact) mass is 418 g/mol. The van der Waals surface area contributed by atoms with Crippen LogP contribution in [0.15, 0.2) is 0 Å². The summed E-state index contributed by atoms with van der Waals surface area (Å²) in [6.45, 7) is 13.5. The van der Waals surface area contributed by atoms with Crippen LogP contribution in [-0.4, -0.2) is 101 Å². The third-order valence-corrected chi connectivity index (χ3v) is 4.36. The van der Waals surface area contributed by atoms with Crippen molar-refractivity contribution in [1.29, 1.82) is 0 Å². The van der Waals surface area contributed by atoms with Crippen LogP contribution in [0.2, 0.25) is 0 Å². The number of likely N-dealkylation sites (tertiary alicyclic amines) is 1. The van der Waals surface area contributed by atoms with E-state index < -0.39 is 17.9 Å². The Morgan fingerprint density at radius 3 is 1.86 bits per heavy atom. The molecular weight excluding hydrogens is 380 g/mol. The molecule has 2 fully saturated rings. The molecule has 9 nitrogen and oxygen atoms in total. The predicted molar refractivity (Wildman–Crippen MR) is 108 cm³/mol. The van der Waals surface area contributed by atoms with Crippen LogP contribution < -0.4 is 0 Å². The fourth-order valence-electron chi connectivity index (χ4n) is 2.86. The molecule has 0 aromatic heterocycles. The zero-order valence-electron chi connectivity index (χ0n) is 18.4. The van der Waals surface area contributed by atoms with E-state index in [0.717, 1.165) is 52.5 Å². The molecular formula is C20H38N2O7. The van der Waals surface area contributed by atoms with Crippen LogP contribution in [0.3, 0.4) is 0 Å². The van der Waals surface area contributed by atoms with Crippen molar-refractivity contribution in [2.24, 2.45) is 0 Å². The smallest absolute Gasteiger partial charge is 0.438 e. The first kappa shape index (κ1) is 25.5. The van der Waals surface area contributed by atoms with Crippen molar-refractivity contribution in [2.75, 3.05) is 72.8 Å². The number of rotatable bonds is 6. The molecule has 170 valence electrons. The van der Waals surface area contributed by atoms with E-state index in [1.54, 1.807) is 0 Å². The lowest BCUT2D eigenvalue weighted by atomic mass is 10.1. The van der Waals surface area contributed by atoms with Crippen LogP contribution in [0.25, 0.3) is 0 Å². The fraction of sp³-hybridized carbons (Fsp3) is 0.900. The van der Waals surface area contributed by atoms with Gasteiger partial charge in [0.05, 0.1) is 20.3 Å². The number of carbonyl (C=O) groups excluding carboxylic acids is 2. The molecule has 0 saturated carbocycles. The number of morpholine rings is 1. The van der Waals surface area contributed by atoms with Gasteiger partial charge in [-0.2, -0.15) is 0 Å². The molecule has 9 heteroatoms. The molecule has 0 spiro atoms. The number of ether oxygens (including phenoxy) is 5. The van der Waals surface area contributed by atoms with Crippen molar-refractivity contribution in [2.45, 2.75) is 45.6 Å². The molecule has 0 unspecified atom stereocenters. The van der Waals surface area contributed by atoms with E-state index in [1.807, 2.05) is 20.8 Å². The molecule has 0 aromatic carbocycles. The second-order valence-corrected chi connectivity index (χ2v) is 7.97. The molecule has 2 aliphatic rings. The zero-order chi connectivity index (χ0) is 21.5. The maximum atomic E-state index is 11.2. The maximum absolute atomic E-state index is 11.2. The van der Waals surface area contributed by atoms with Gasteiger partial charge in [0.15, 0.2) is 0 Å². The normalized spacial score (nSPS) is 18.2. The molecule has 0 radical (unpaired) electrons. The average molecular weight is 419 g/mol. The molecule has 2 rings (SSSR count). The Morgan fingerprint density at radius 2 is 1.34 bits per heavy atom. The van der Waals surface area contributed by atoms with Crippen molar-refractivity contribution in [3.8, 4) is 0 Å². The summed E-state index contributed by atoms with van der Waals surface area (Å²) < 4.78 is 24.3. The molecule has 29 heavy (non-hydrogen) atoms. The van der Waals surface area contributed by atoms with Crippen molar-refractivity contribution in [3.05, 3.63) is 0 Å². The fourth-order valence-corrected chi connectivity index (χ4v) is 2.86. The number of methoxy groups -OCH3 is 1. The predicted octanol–water partition coefficient (Wildman–Crippen LogP) is 2.53. The molecule has 0 aromatic rings. The van der Waals surface area contributed by atoms with E-state index in [2.05, 4.69) is 14.5 Å². The lowest BCUT2D eigenvalue weighted by Gasteiger charge is -2.26. The minimum absolute atomic E-state index is 0.382. The first-order valence-corrected chi connectivity index (χ1v) is 10.4. The molecule has 2 heterocycles. The highest BCUT2D eigenvalue weighted by molar-refractivity contribution is 5.60. The van der Waals surface area contributed by atoms with Crippen LogP contribution >= 0.6 is 0 Å². The van der Waals surface area contributed by atoms with Gasteiger partial charge in [-0.3, -0.25) is 9.80 Å². The maximum Gasteiger partial charge on any atom is 0.508 e. The van der Waals surface area contributed by atoms with E-state index in [4.69, 9.17) is 18.9 Å². The highest BCUT2D eigenvalue weighted by Gasteiger charge is 2.18. The molecule has 2 saturated heterocycles. The summed E-state index contributed by atoms with van der Waals surface area (Å²) in [5.41, 5.74) is -0.470. The lowest BCUT2D eigenvalue weighted by molar-refractivity contribution is -0.0108. The van der Waals surface area contributed by atoms with Gasteiger partial charge in [0.2, 0.25) is 0 Å². The SMILES string of the molecule is CC(C)(C)OC(=O)OCCN1CCCCC1.COC(=O)OCCN1CCOCC1. The highest BCUT2D eigenvalue weighted by Crippen LogP contribution is 2.09. The van der Waals surface area contributed by atoms with E-state index in [-0.39, 0.29) is 0 Å². The topological polar surface area (TPSA) is 86.8 Å². The standard InChI is InChI=1S/C12H23NO3.C8H15NO4/c1-12(2,3)16-11(14)15-10-9-13-7-5-4-6-8-13;1-11-8(10)13-7-4-9-2-5-12-6-3-9/h4-10H2,1-3H3;2-7H2,1H3. The van der Waals surface area contributed by atoms with Gasteiger partial charge in [0.1, 0.15) is 18.8 Å². The second-order valence-electron chi connectivity index (χ2n) is 7.97. The third kappa shape index (κ3) is 14.1. The summed E-state index contributed by atoms with van der Waals surface area (Å²) in [6.07, 6.45) is 2.65. The van der Waals surface area contributed by atoms with Crippen LogP contribution in [0.5, 0.6) is 0 Å². The number of carbonyl (C=O) groups is 2. The Hall–Kier alpha value is -1.58. The zero-order valence-corrected chi connectivity index (χ0v) is 18.4. The summed E-state index contributed by atoms with van der Waals surface area (Å²) in [5.74, 6) is 0. The second kappa shape index (κ2) is 14.4. The molecule has 2 aliphatic heterocycles. The summed E-state index contributed by atoms with van der Waals surface area (Å²) in [4.78, 5) is 26.3. The molecule has 0 amide bonds. The van der Waals surface area contributed by atoms with Gasteiger partial charge >= 0.3 is 12.3 Å². The first-order chi connectivity index (χ1) is 13.8. The average Bonchev–Trinajstić information content (AvgIpc) is 2.68. The minimum Gasteiger partial charge on any atom is -0.438 e. The van der Waals surface area contributed by atoms with Crippen molar-refractivity contribution in [3.63, 3.8) is 0 Å². The van der Waals surface area contributed by atoms with E-state index in [0.29, 0.717) is 13.2 Å². The van der Waals surface area contributed by atoms with Gasteiger partial charge in [-0.1, -0.05) is 6.42 Å². The minimum atomic E-state index is -0.617. The van der Waals surface area contributed by atoms with Gasteiger partial charge in [-0.05, 0) is 46.7 Å². The summed E-state index contributed by atoms with van der Waals surface area (Å²) in [5, 5.41) is 0. The van der Waals surface area contributed by atoms with Crippen LogP contribution in [0.1, 0.15) is 40.0 Å². The summed E-state index contributed by atoms with van der Waals surface area (Å²) in [7, 11) is 1.30. The Labute approximate surface area is 174 Å². The number of hydrogen-bond donors (Lipinski definition) is 0. The molecule has 0 aliphatic carbocycles. The third-order valence-electron chi connectivity index (χ3n) is 4.36. The van der Waals surface area contributed by atoms with E-state index in [1.165, 1.54) is 26.4 Å². The lowest BCUT2D eigenvalue weighted by Crippen LogP contribution is -2.38. The highest BCUT2D eigenvalue weighted by atomic mass is 16.7. The van der Waals surface area contributed by atoms with Gasteiger partial charge in [0, 0.05) is 26.2 Å². The molecule has 0 atom stereocenters. The van der Waals surface area contributed by atoms with Gasteiger partial charge in [0.25, 0.3) is 0 Å². The Morgan fingerprint density at radius 1 is 0.828 bits per heavy atom. The van der Waals surface area contributed by atoms with Crippen molar-refractivity contribution >= 4 is 12.3 Å². The van der Waals surface area contributed by atoms with Crippen molar-refractivity contribution in [1.82, 2.24) is 9.80 Å². The number of piperidine rings is 1. The van der Waals surface area contributed by atoms with E-state index >= 15 is 0 Å². The first-order valence-electron chi connectivity index (χ1n) is 10.4. The number of nitrogens with zero attached hydrogens (tertiary/aromatic N) is 2. The molecule has 0 N–H and O–H groups in total. The Balaban J connectivity index is 0.000000296.